The Morgan fingerprint density at radius 1 is 0.897 bits per heavy atom. The minimum atomic E-state index is -4.08. The molecule has 1 aliphatic heterocycles. The summed E-state index contributed by atoms with van der Waals surface area (Å²) in [4.78, 5) is 27.5. The molecule has 5 rings (SSSR count). The number of fused-ring (bicyclic) bond motifs is 1. The van der Waals surface area contributed by atoms with E-state index in [0.29, 0.717) is 5.56 Å². The average molecular weight is 560 g/mol. The third-order valence-electron chi connectivity index (χ3n) is 6.16. The molecular weight excluding hydrogens is 534 g/mol. The summed E-state index contributed by atoms with van der Waals surface area (Å²) in [5.74, 6) is -0.159. The Bertz CT molecular complexity index is 1710. The van der Waals surface area contributed by atoms with Crippen LogP contribution in [0.3, 0.4) is 0 Å². The molecule has 4 aromatic rings. The quantitative estimate of drug-likeness (QED) is 0.179. The largest absolute Gasteiger partial charge is 0.490 e. The highest BCUT2D eigenvalue weighted by Crippen LogP contribution is 2.36. The molecule has 0 saturated carbocycles. The Labute approximate surface area is 231 Å². The lowest BCUT2D eigenvalue weighted by Crippen LogP contribution is -2.27. The number of ether oxygens (including phenoxy) is 1. The minimum Gasteiger partial charge on any atom is -0.490 e. The number of aryl methyl sites for hydroxylation is 1. The monoisotopic (exact) mass is 559 g/mol. The highest BCUT2D eigenvalue weighted by molar-refractivity contribution is 8.18. The lowest BCUT2D eigenvalue weighted by molar-refractivity contribution is -0.123. The number of imide groups is 1. The smallest absolute Gasteiger partial charge is 0.339 e. The van der Waals surface area contributed by atoms with Crippen LogP contribution in [0.25, 0.3) is 16.8 Å². The number of hydrogen-bond acceptors (Lipinski definition) is 7. The SMILES string of the molecule is CCOc1cc(/C=C2\SC(=O)N(Cc3cccc4ccccc34)C2=O)ccc1OS(=O)(=O)c1ccc(C)cc1. The Kier molecular flexibility index (Phi) is 7.45. The zero-order chi connectivity index (χ0) is 27.6. The normalized spacial score (nSPS) is 14.8. The van der Waals surface area contributed by atoms with Crippen LogP contribution in [0.1, 0.15) is 23.6 Å². The number of amides is 2. The number of thioether (sulfide) groups is 1. The molecule has 198 valence electrons. The summed E-state index contributed by atoms with van der Waals surface area (Å²) in [5, 5.41) is 1.67. The zero-order valence-corrected chi connectivity index (χ0v) is 22.9. The summed E-state index contributed by atoms with van der Waals surface area (Å²) in [6, 6.07) is 24.6. The van der Waals surface area contributed by atoms with Crippen molar-refractivity contribution in [2.45, 2.75) is 25.3 Å². The van der Waals surface area contributed by atoms with Crippen molar-refractivity contribution in [2.24, 2.45) is 0 Å². The number of nitrogens with zero attached hydrogens (tertiary/aromatic N) is 1. The van der Waals surface area contributed by atoms with Gasteiger partial charge in [-0.1, -0.05) is 66.2 Å². The van der Waals surface area contributed by atoms with Crippen molar-refractivity contribution in [3.63, 3.8) is 0 Å². The second-order valence-corrected chi connectivity index (χ2v) is 11.4. The summed E-state index contributed by atoms with van der Waals surface area (Å²) in [6.07, 6.45) is 1.59. The number of benzene rings is 4. The van der Waals surface area contributed by atoms with Gasteiger partial charge in [-0.2, -0.15) is 8.42 Å². The van der Waals surface area contributed by atoms with E-state index in [2.05, 4.69) is 0 Å². The standard InChI is InChI=1S/C30H25NO6S2/c1-3-36-27-17-21(13-16-26(27)37-39(34,35)24-14-11-20(2)12-15-24)18-28-29(32)31(30(33)38-28)19-23-9-6-8-22-7-4-5-10-25(22)23/h4-18H,3,19H2,1-2H3/b28-18-. The van der Waals surface area contributed by atoms with E-state index in [9.17, 15) is 18.0 Å². The fourth-order valence-electron chi connectivity index (χ4n) is 4.21. The topological polar surface area (TPSA) is 90.0 Å². The third kappa shape index (κ3) is 5.69. The van der Waals surface area contributed by atoms with Gasteiger partial charge in [0.2, 0.25) is 0 Å². The molecule has 9 heteroatoms. The number of rotatable bonds is 8. The van der Waals surface area contributed by atoms with Crippen LogP contribution in [0, 0.1) is 6.92 Å². The molecule has 1 fully saturated rings. The molecule has 39 heavy (non-hydrogen) atoms. The molecule has 0 unspecified atom stereocenters. The number of carbonyl (C=O) groups excluding carboxylic acids is 2. The van der Waals surface area contributed by atoms with E-state index in [1.54, 1.807) is 37.3 Å². The van der Waals surface area contributed by atoms with Crippen LogP contribution in [0.5, 0.6) is 11.5 Å². The van der Waals surface area contributed by atoms with Gasteiger partial charge >= 0.3 is 10.1 Å². The maximum Gasteiger partial charge on any atom is 0.339 e. The summed E-state index contributed by atoms with van der Waals surface area (Å²) in [6.45, 7) is 4.06. The first-order chi connectivity index (χ1) is 18.7. The molecular formula is C30H25NO6S2. The molecule has 1 saturated heterocycles. The highest BCUT2D eigenvalue weighted by atomic mass is 32.2. The van der Waals surface area contributed by atoms with Gasteiger partial charge in [0.25, 0.3) is 11.1 Å². The van der Waals surface area contributed by atoms with Crippen LogP contribution in [-0.2, 0) is 21.5 Å². The lowest BCUT2D eigenvalue weighted by atomic mass is 10.0. The first kappa shape index (κ1) is 26.5. The van der Waals surface area contributed by atoms with Crippen molar-refractivity contribution in [1.82, 2.24) is 4.90 Å². The maximum absolute atomic E-state index is 13.2. The van der Waals surface area contributed by atoms with Crippen molar-refractivity contribution >= 4 is 49.9 Å². The predicted octanol–water partition coefficient (Wildman–Crippen LogP) is 6.55. The van der Waals surface area contributed by atoms with Crippen LogP contribution < -0.4 is 8.92 Å². The molecule has 7 nitrogen and oxygen atoms in total. The van der Waals surface area contributed by atoms with Gasteiger partial charge in [-0.15, -0.1) is 0 Å². The molecule has 0 radical (unpaired) electrons. The Hall–Kier alpha value is -4.08. The van der Waals surface area contributed by atoms with Gasteiger partial charge < -0.3 is 8.92 Å². The van der Waals surface area contributed by atoms with E-state index in [1.807, 2.05) is 49.4 Å². The van der Waals surface area contributed by atoms with E-state index < -0.39 is 16.0 Å². The summed E-state index contributed by atoms with van der Waals surface area (Å²) in [5.41, 5.74) is 2.37. The van der Waals surface area contributed by atoms with Gasteiger partial charge in [-0.25, -0.2) is 0 Å². The third-order valence-corrected chi connectivity index (χ3v) is 8.31. The molecule has 0 bridgehead atoms. The lowest BCUT2D eigenvalue weighted by Gasteiger charge is -2.14. The van der Waals surface area contributed by atoms with Gasteiger partial charge in [0.15, 0.2) is 11.5 Å². The van der Waals surface area contributed by atoms with Crippen molar-refractivity contribution < 1.29 is 26.9 Å². The van der Waals surface area contributed by atoms with Crippen LogP contribution in [0.15, 0.2) is 94.7 Å². The van der Waals surface area contributed by atoms with Crippen molar-refractivity contribution in [2.75, 3.05) is 6.61 Å². The molecule has 0 aliphatic carbocycles. The Morgan fingerprint density at radius 3 is 2.41 bits per heavy atom. The molecule has 0 N–H and O–H groups in total. The van der Waals surface area contributed by atoms with Crippen LogP contribution in [-0.4, -0.2) is 31.1 Å². The summed E-state index contributed by atoms with van der Waals surface area (Å²) in [7, 11) is -4.08. The van der Waals surface area contributed by atoms with Crippen LogP contribution in [0.4, 0.5) is 4.79 Å². The summed E-state index contributed by atoms with van der Waals surface area (Å²) >= 11 is 0.864. The number of hydrogen-bond donors (Lipinski definition) is 0. The second-order valence-electron chi connectivity index (χ2n) is 8.90. The van der Waals surface area contributed by atoms with E-state index in [-0.39, 0.29) is 39.7 Å². The van der Waals surface area contributed by atoms with E-state index in [0.717, 1.165) is 33.7 Å². The maximum atomic E-state index is 13.2. The molecule has 4 aromatic carbocycles. The van der Waals surface area contributed by atoms with Gasteiger partial charge in [-0.05, 0) is 77.9 Å². The molecule has 2 amide bonds. The fraction of sp³-hybridized carbons (Fsp3) is 0.133. The molecule has 1 aliphatic rings. The molecule has 1 heterocycles. The van der Waals surface area contributed by atoms with E-state index >= 15 is 0 Å². The predicted molar refractivity (Wildman–Crippen MR) is 152 cm³/mol. The van der Waals surface area contributed by atoms with Gasteiger partial charge in [0, 0.05) is 0 Å². The minimum absolute atomic E-state index is 0.0265. The van der Waals surface area contributed by atoms with Gasteiger partial charge in [-0.3, -0.25) is 14.5 Å². The molecule has 0 aromatic heterocycles. The Morgan fingerprint density at radius 2 is 1.64 bits per heavy atom. The van der Waals surface area contributed by atoms with Gasteiger partial charge in [0.05, 0.1) is 18.1 Å². The zero-order valence-electron chi connectivity index (χ0n) is 21.3. The first-order valence-corrected chi connectivity index (χ1v) is 14.5. The molecule has 0 atom stereocenters. The van der Waals surface area contributed by atoms with Crippen LogP contribution >= 0.6 is 11.8 Å². The Balaban J connectivity index is 1.39. The highest BCUT2D eigenvalue weighted by Gasteiger charge is 2.35. The van der Waals surface area contributed by atoms with Crippen molar-refractivity contribution in [3.05, 3.63) is 107 Å². The van der Waals surface area contributed by atoms with Crippen molar-refractivity contribution in [3.8, 4) is 11.5 Å². The van der Waals surface area contributed by atoms with Crippen molar-refractivity contribution in [1.29, 1.82) is 0 Å². The fourth-order valence-corrected chi connectivity index (χ4v) is 5.99. The second kappa shape index (κ2) is 11.0. The first-order valence-electron chi connectivity index (χ1n) is 12.2. The van der Waals surface area contributed by atoms with Gasteiger partial charge in [0.1, 0.15) is 4.90 Å². The number of carbonyl (C=O) groups is 2. The summed E-state index contributed by atoms with van der Waals surface area (Å²) < 4.78 is 36.6. The van der Waals surface area contributed by atoms with E-state index in [1.165, 1.54) is 23.1 Å². The van der Waals surface area contributed by atoms with E-state index in [4.69, 9.17) is 8.92 Å². The molecule has 0 spiro atoms. The average Bonchev–Trinajstić information content (AvgIpc) is 3.18. The van der Waals surface area contributed by atoms with Crippen LogP contribution in [0.2, 0.25) is 0 Å².